The van der Waals surface area contributed by atoms with E-state index in [2.05, 4.69) is 39.9 Å². The number of aliphatic hydroxyl groups excluding tert-OH is 1. The molecule has 0 aliphatic heterocycles. The second kappa shape index (κ2) is 7.84. The highest BCUT2D eigenvalue weighted by Gasteiger charge is 2.25. The van der Waals surface area contributed by atoms with Crippen LogP contribution in [0.2, 0.25) is 0 Å². The van der Waals surface area contributed by atoms with Crippen molar-refractivity contribution < 1.29 is 14.6 Å². The van der Waals surface area contributed by atoms with Crippen LogP contribution < -0.4 is 14.8 Å². The Balaban J connectivity index is 2.38. The maximum Gasteiger partial charge on any atom is 0.123 e. The average Bonchev–Trinajstić information content (AvgIpc) is 2.40. The van der Waals surface area contributed by atoms with Gasteiger partial charge in [0, 0.05) is 18.2 Å². The molecule has 0 spiro atoms. The van der Waals surface area contributed by atoms with E-state index < -0.39 is 6.10 Å². The van der Waals surface area contributed by atoms with E-state index in [1.54, 1.807) is 7.11 Å². The van der Waals surface area contributed by atoms with E-state index in [1.165, 1.54) is 0 Å². The predicted molar refractivity (Wildman–Crippen MR) is 90.6 cm³/mol. The van der Waals surface area contributed by atoms with Crippen molar-refractivity contribution in [3.05, 3.63) is 24.3 Å². The first kappa shape index (κ1) is 18.8. The van der Waals surface area contributed by atoms with Crippen LogP contribution in [0.4, 0.5) is 0 Å². The second-order valence-electron chi connectivity index (χ2n) is 7.65. The lowest BCUT2D eigenvalue weighted by Gasteiger charge is -2.34. The number of nitrogens with one attached hydrogen (secondary N) is 1. The summed E-state index contributed by atoms with van der Waals surface area (Å²) in [5.41, 5.74) is 0.230. The molecule has 2 N–H and O–H groups in total. The van der Waals surface area contributed by atoms with Gasteiger partial charge >= 0.3 is 0 Å². The van der Waals surface area contributed by atoms with Crippen molar-refractivity contribution in [2.45, 2.75) is 52.7 Å². The fourth-order valence-electron chi connectivity index (χ4n) is 2.72. The van der Waals surface area contributed by atoms with Gasteiger partial charge in [-0.05, 0) is 37.8 Å². The third-order valence-corrected chi connectivity index (χ3v) is 3.27. The molecule has 1 atom stereocenters. The van der Waals surface area contributed by atoms with Crippen molar-refractivity contribution >= 4 is 0 Å². The van der Waals surface area contributed by atoms with Crippen molar-refractivity contribution in [3.63, 3.8) is 0 Å². The van der Waals surface area contributed by atoms with E-state index in [0.717, 1.165) is 12.2 Å². The molecule has 0 unspecified atom stereocenters. The summed E-state index contributed by atoms with van der Waals surface area (Å²) in [6.45, 7) is 11.7. The topological polar surface area (TPSA) is 50.7 Å². The number of rotatable bonds is 8. The summed E-state index contributed by atoms with van der Waals surface area (Å²) in [6.07, 6.45) is 0.481. The van der Waals surface area contributed by atoms with Crippen LogP contribution in [-0.4, -0.2) is 37.0 Å². The molecule has 4 heteroatoms. The summed E-state index contributed by atoms with van der Waals surface area (Å²) in [6, 6.07) is 7.39. The monoisotopic (exact) mass is 309 g/mol. The largest absolute Gasteiger partial charge is 0.497 e. The Morgan fingerprint density at radius 1 is 1.14 bits per heavy atom. The Labute approximate surface area is 134 Å². The zero-order valence-electron chi connectivity index (χ0n) is 14.8. The van der Waals surface area contributed by atoms with Gasteiger partial charge < -0.3 is 19.9 Å². The Hall–Kier alpha value is -1.26. The summed E-state index contributed by atoms with van der Waals surface area (Å²) in [7, 11) is 1.62. The molecule has 0 aliphatic rings. The van der Waals surface area contributed by atoms with Crippen LogP contribution in [0.3, 0.4) is 0 Å². The number of methoxy groups -OCH3 is 1. The quantitative estimate of drug-likeness (QED) is 0.774. The summed E-state index contributed by atoms with van der Waals surface area (Å²) in [5, 5.41) is 13.5. The molecule has 0 aliphatic carbocycles. The predicted octanol–water partition coefficient (Wildman–Crippen LogP) is 3.24. The molecule has 0 saturated heterocycles. The minimum Gasteiger partial charge on any atom is -0.497 e. The number of hydrogen-bond donors (Lipinski definition) is 2. The maximum atomic E-state index is 10.1. The third kappa shape index (κ3) is 7.66. The summed E-state index contributed by atoms with van der Waals surface area (Å²) < 4.78 is 10.8. The fourth-order valence-corrected chi connectivity index (χ4v) is 2.72. The molecule has 1 aromatic carbocycles. The van der Waals surface area contributed by atoms with Crippen molar-refractivity contribution in [2.75, 3.05) is 20.3 Å². The van der Waals surface area contributed by atoms with Crippen molar-refractivity contribution in [2.24, 2.45) is 5.41 Å². The minimum atomic E-state index is -0.551. The van der Waals surface area contributed by atoms with Gasteiger partial charge in [-0.3, -0.25) is 0 Å². The first-order valence-electron chi connectivity index (χ1n) is 7.81. The van der Waals surface area contributed by atoms with Gasteiger partial charge in [0.05, 0.1) is 7.11 Å². The fraction of sp³-hybridized carbons (Fsp3) is 0.667. The lowest BCUT2D eigenvalue weighted by Crippen LogP contribution is -2.46. The lowest BCUT2D eigenvalue weighted by molar-refractivity contribution is 0.0943. The number of aliphatic hydroxyl groups is 1. The highest BCUT2D eigenvalue weighted by atomic mass is 16.5. The molecule has 0 bridgehead atoms. The van der Waals surface area contributed by atoms with Gasteiger partial charge in [0.2, 0.25) is 0 Å². The smallest absolute Gasteiger partial charge is 0.123 e. The molecule has 22 heavy (non-hydrogen) atoms. The van der Waals surface area contributed by atoms with Gasteiger partial charge in [-0.2, -0.15) is 0 Å². The SMILES string of the molecule is COc1cccc(OC[C@@H](O)CNC(C)(C)CC(C)(C)C)c1. The molecule has 0 saturated carbocycles. The zero-order chi connectivity index (χ0) is 16.8. The van der Waals surface area contributed by atoms with Gasteiger partial charge in [0.25, 0.3) is 0 Å². The number of benzene rings is 1. The second-order valence-corrected chi connectivity index (χ2v) is 7.65. The lowest BCUT2D eigenvalue weighted by atomic mass is 9.82. The molecule has 0 radical (unpaired) electrons. The van der Waals surface area contributed by atoms with Gasteiger partial charge in [0.1, 0.15) is 24.2 Å². The first-order valence-corrected chi connectivity index (χ1v) is 7.81. The van der Waals surface area contributed by atoms with E-state index in [0.29, 0.717) is 12.3 Å². The van der Waals surface area contributed by atoms with Crippen LogP contribution in [0.15, 0.2) is 24.3 Å². The van der Waals surface area contributed by atoms with Crippen LogP contribution in [-0.2, 0) is 0 Å². The molecular weight excluding hydrogens is 278 g/mol. The zero-order valence-corrected chi connectivity index (χ0v) is 14.8. The Morgan fingerprint density at radius 2 is 1.77 bits per heavy atom. The van der Waals surface area contributed by atoms with Crippen LogP contribution in [0.1, 0.15) is 41.0 Å². The van der Waals surface area contributed by atoms with Crippen molar-refractivity contribution in [1.29, 1.82) is 0 Å². The van der Waals surface area contributed by atoms with Gasteiger partial charge in [0.15, 0.2) is 0 Å². The molecule has 0 heterocycles. The molecule has 4 nitrogen and oxygen atoms in total. The van der Waals surface area contributed by atoms with E-state index in [1.807, 2.05) is 24.3 Å². The van der Waals surface area contributed by atoms with E-state index in [9.17, 15) is 5.11 Å². The van der Waals surface area contributed by atoms with Gasteiger partial charge in [-0.25, -0.2) is 0 Å². The third-order valence-electron chi connectivity index (χ3n) is 3.27. The Kier molecular flexibility index (Phi) is 6.69. The van der Waals surface area contributed by atoms with Crippen LogP contribution in [0.25, 0.3) is 0 Å². The molecule has 0 aromatic heterocycles. The van der Waals surface area contributed by atoms with Crippen LogP contribution >= 0.6 is 0 Å². The first-order chi connectivity index (χ1) is 10.1. The van der Waals surface area contributed by atoms with Crippen LogP contribution in [0, 0.1) is 5.41 Å². The van der Waals surface area contributed by atoms with Gasteiger partial charge in [-0.1, -0.05) is 26.8 Å². The summed E-state index contributed by atoms with van der Waals surface area (Å²) in [4.78, 5) is 0. The normalized spacial score (nSPS) is 13.8. The Bertz CT molecular complexity index is 452. The van der Waals surface area contributed by atoms with Gasteiger partial charge in [-0.15, -0.1) is 0 Å². The molecular formula is C18H31NO3. The maximum absolute atomic E-state index is 10.1. The summed E-state index contributed by atoms with van der Waals surface area (Å²) >= 11 is 0. The standard InChI is InChI=1S/C18H31NO3/c1-17(2,3)13-18(4,5)19-11-14(20)12-22-16-9-7-8-15(10-16)21-6/h7-10,14,19-20H,11-13H2,1-6H3/t14-/m0/s1. The molecule has 1 rings (SSSR count). The summed E-state index contributed by atoms with van der Waals surface area (Å²) in [5.74, 6) is 1.45. The number of hydrogen-bond acceptors (Lipinski definition) is 4. The van der Waals surface area contributed by atoms with E-state index in [-0.39, 0.29) is 17.6 Å². The number of β-amino-alcohol motifs (C(OH)–C–C–N with tert-alkyl or cyclic N) is 1. The molecule has 126 valence electrons. The van der Waals surface area contributed by atoms with E-state index in [4.69, 9.17) is 9.47 Å². The number of ether oxygens (including phenoxy) is 2. The molecule has 1 aromatic rings. The molecule has 0 fully saturated rings. The van der Waals surface area contributed by atoms with E-state index >= 15 is 0 Å². The Morgan fingerprint density at radius 3 is 2.36 bits per heavy atom. The van der Waals surface area contributed by atoms with Crippen LogP contribution in [0.5, 0.6) is 11.5 Å². The minimum absolute atomic E-state index is 0.0187. The average molecular weight is 309 g/mol. The highest BCUT2D eigenvalue weighted by Crippen LogP contribution is 2.26. The van der Waals surface area contributed by atoms with Crippen molar-refractivity contribution in [3.8, 4) is 11.5 Å². The highest BCUT2D eigenvalue weighted by molar-refractivity contribution is 5.32. The van der Waals surface area contributed by atoms with Crippen molar-refractivity contribution in [1.82, 2.24) is 5.32 Å². The molecule has 0 amide bonds.